The summed E-state index contributed by atoms with van der Waals surface area (Å²) in [7, 11) is 0. The van der Waals surface area contributed by atoms with Gasteiger partial charge in [-0.15, -0.1) is 0 Å². The first-order valence-corrected chi connectivity index (χ1v) is 15.2. The number of hydrogen-bond acceptors (Lipinski definition) is 3. The molecule has 4 aromatic rings. The van der Waals surface area contributed by atoms with Crippen molar-refractivity contribution in [2.45, 2.75) is 68.2 Å². The van der Waals surface area contributed by atoms with Gasteiger partial charge in [-0.2, -0.15) is 9.80 Å². The summed E-state index contributed by atoms with van der Waals surface area (Å²) in [6.07, 6.45) is 4.10. The van der Waals surface area contributed by atoms with Gasteiger partial charge in [0.05, 0.1) is 11.1 Å². The molecule has 4 heterocycles. The molecule has 42 heavy (non-hydrogen) atoms. The summed E-state index contributed by atoms with van der Waals surface area (Å²) in [4.78, 5) is 7.15. The fourth-order valence-corrected chi connectivity index (χ4v) is 9.43. The van der Waals surface area contributed by atoms with Crippen molar-refractivity contribution < 1.29 is 9.58 Å². The van der Waals surface area contributed by atoms with E-state index in [1.807, 2.05) is 0 Å². The summed E-state index contributed by atoms with van der Waals surface area (Å²) in [6, 6.07) is 34.4. The van der Waals surface area contributed by atoms with E-state index < -0.39 is 11.1 Å². The van der Waals surface area contributed by atoms with E-state index in [1.165, 1.54) is 27.0 Å². The molecule has 0 N–H and O–H groups in total. The van der Waals surface area contributed by atoms with Gasteiger partial charge in [0, 0.05) is 30.4 Å². The molecule has 2 spiro atoms. The molecule has 4 nitrogen and oxygen atoms in total. The zero-order valence-electron chi connectivity index (χ0n) is 24.2. The molecular weight excluding hydrogens is 516 g/mol. The first-order chi connectivity index (χ1) is 20.3. The highest BCUT2D eigenvalue weighted by Gasteiger charge is 2.67. The maximum atomic E-state index is 14.8. The van der Waals surface area contributed by atoms with Crippen LogP contribution < -0.4 is 0 Å². The third-order valence-electron chi connectivity index (χ3n) is 11.3. The van der Waals surface area contributed by atoms with Crippen molar-refractivity contribution in [2.75, 3.05) is 0 Å². The van der Waals surface area contributed by atoms with Gasteiger partial charge in [0.15, 0.2) is 5.71 Å². The number of hydrogen-bond donors (Lipinski definition) is 0. The average molecular weight is 551 g/mol. The molecule has 10 rings (SSSR count). The lowest BCUT2D eigenvalue weighted by molar-refractivity contribution is -0.538. The van der Waals surface area contributed by atoms with Gasteiger partial charge in [0.2, 0.25) is 5.54 Å². The number of nitrogens with zero attached hydrogens (tertiary/aromatic N) is 2. The fraction of sp³-hybridized carbons (Fsp3) is 0.289. The maximum Gasteiger partial charge on any atom is 0.225 e. The fourth-order valence-electron chi connectivity index (χ4n) is 9.43. The monoisotopic (exact) mass is 550 g/mol. The smallest absolute Gasteiger partial charge is 0.225 e. The topological polar surface area (TPSA) is 38.5 Å². The summed E-state index contributed by atoms with van der Waals surface area (Å²) in [5, 5.41) is 17.1. The standard InChI is InChI=1S/C38H34N2O2/c1-25-27-12-4-6-14-29(27)37(30-15-7-5-13-28(25)30)21-20-26(39(37)41)24-35(2)22-23-38-33-18-10-8-16-31(33)36(3,42-40(35)38)32-17-9-11-19-34(32)38/h4-19H,1,20-24H2,2-3H3/t35-,36?,38?/m0/s1. The Bertz CT molecular complexity index is 1790. The van der Waals surface area contributed by atoms with Gasteiger partial charge in [-0.1, -0.05) is 104 Å². The second-order valence-electron chi connectivity index (χ2n) is 13.3. The van der Waals surface area contributed by atoms with Crippen LogP contribution in [0.15, 0.2) is 104 Å². The molecule has 1 saturated heterocycles. The molecule has 4 heteroatoms. The zero-order chi connectivity index (χ0) is 28.5. The molecule has 1 atom stereocenters. The van der Waals surface area contributed by atoms with Gasteiger partial charge in [-0.3, -0.25) is 4.84 Å². The molecule has 4 aliphatic heterocycles. The van der Waals surface area contributed by atoms with E-state index in [9.17, 15) is 5.21 Å². The Hall–Kier alpha value is -3.99. The highest BCUT2D eigenvalue weighted by atomic mass is 16.7. The minimum Gasteiger partial charge on any atom is -0.623 e. The van der Waals surface area contributed by atoms with Crippen LogP contribution >= 0.6 is 0 Å². The summed E-state index contributed by atoms with van der Waals surface area (Å²) in [5.41, 5.74) is 9.53. The number of hydroxylamine groups is 3. The summed E-state index contributed by atoms with van der Waals surface area (Å²) in [5.74, 6) is 0. The van der Waals surface area contributed by atoms with Crippen molar-refractivity contribution in [1.29, 1.82) is 0 Å². The molecule has 2 bridgehead atoms. The Morgan fingerprint density at radius 1 is 0.714 bits per heavy atom. The normalized spacial score (nSPS) is 29.7. The van der Waals surface area contributed by atoms with Crippen molar-refractivity contribution >= 4 is 11.3 Å². The van der Waals surface area contributed by atoms with E-state index in [1.54, 1.807) is 0 Å². The highest BCUT2D eigenvalue weighted by Crippen LogP contribution is 2.65. The zero-order valence-corrected chi connectivity index (χ0v) is 24.2. The van der Waals surface area contributed by atoms with Crippen molar-refractivity contribution in [3.05, 3.63) is 153 Å². The molecule has 0 unspecified atom stereocenters. The van der Waals surface area contributed by atoms with Crippen molar-refractivity contribution in [3.8, 4) is 0 Å². The van der Waals surface area contributed by atoms with Crippen molar-refractivity contribution in [3.63, 3.8) is 0 Å². The van der Waals surface area contributed by atoms with Crippen LogP contribution in [0.3, 0.4) is 0 Å². The van der Waals surface area contributed by atoms with E-state index in [4.69, 9.17) is 4.84 Å². The summed E-state index contributed by atoms with van der Waals surface area (Å²) < 4.78 is 1.39. The van der Waals surface area contributed by atoms with Crippen LogP contribution in [0, 0.1) is 5.21 Å². The van der Waals surface area contributed by atoms with Gasteiger partial charge in [-0.25, -0.2) is 0 Å². The Kier molecular flexibility index (Phi) is 4.62. The van der Waals surface area contributed by atoms with E-state index in [2.05, 4.69) is 123 Å². The van der Waals surface area contributed by atoms with E-state index >= 15 is 0 Å². The SMILES string of the molecule is C=C1c2ccccc2C2(CCC(C[C@]3(C)CCC45c6ccccc6C(C)(ON43)c3ccccc35)=[N+]2[O-])c2ccccc21. The quantitative estimate of drug-likeness (QED) is 0.189. The lowest BCUT2D eigenvalue weighted by atomic mass is 9.64. The Labute approximate surface area is 247 Å². The minimum absolute atomic E-state index is 0.330. The molecule has 0 amide bonds. The molecule has 4 aromatic carbocycles. The van der Waals surface area contributed by atoms with Gasteiger partial charge in [0.25, 0.3) is 0 Å². The predicted molar refractivity (Wildman–Crippen MR) is 165 cm³/mol. The first-order valence-electron chi connectivity index (χ1n) is 15.2. The van der Waals surface area contributed by atoms with Gasteiger partial charge in [0.1, 0.15) is 5.60 Å². The first kappa shape index (κ1) is 24.6. The number of fused-ring (bicyclic) bond motifs is 4. The number of benzene rings is 4. The molecular formula is C38H34N2O2. The molecule has 6 aliphatic rings. The molecule has 208 valence electrons. The lowest BCUT2D eigenvalue weighted by Crippen LogP contribution is -2.63. The second-order valence-corrected chi connectivity index (χ2v) is 13.3. The van der Waals surface area contributed by atoms with Crippen LogP contribution in [0.5, 0.6) is 0 Å². The second kappa shape index (κ2) is 7.89. The number of rotatable bonds is 2. The molecule has 0 radical (unpaired) electrons. The van der Waals surface area contributed by atoms with E-state index in [0.717, 1.165) is 59.2 Å². The van der Waals surface area contributed by atoms with Gasteiger partial charge in [-0.05, 0) is 65.6 Å². The Morgan fingerprint density at radius 2 is 1.21 bits per heavy atom. The highest BCUT2D eigenvalue weighted by molar-refractivity contribution is 5.89. The largest absolute Gasteiger partial charge is 0.623 e. The lowest BCUT2D eigenvalue weighted by Gasteiger charge is -2.59. The Balaban J connectivity index is 1.19. The van der Waals surface area contributed by atoms with Crippen LogP contribution in [-0.2, 0) is 21.5 Å². The van der Waals surface area contributed by atoms with Gasteiger partial charge >= 0.3 is 0 Å². The minimum atomic E-state index is -0.733. The average Bonchev–Trinajstić information content (AvgIpc) is 3.51. The third-order valence-corrected chi connectivity index (χ3v) is 11.3. The van der Waals surface area contributed by atoms with Crippen LogP contribution in [0.25, 0.3) is 5.57 Å². The van der Waals surface area contributed by atoms with Crippen molar-refractivity contribution in [2.24, 2.45) is 0 Å². The predicted octanol–water partition coefficient (Wildman–Crippen LogP) is 7.76. The van der Waals surface area contributed by atoms with Crippen LogP contribution in [-0.4, -0.2) is 21.1 Å². The van der Waals surface area contributed by atoms with E-state index in [-0.39, 0.29) is 11.1 Å². The van der Waals surface area contributed by atoms with Gasteiger partial charge < -0.3 is 5.21 Å². The maximum absolute atomic E-state index is 14.8. The van der Waals surface area contributed by atoms with Crippen LogP contribution in [0.4, 0.5) is 0 Å². The molecule has 0 aromatic heterocycles. The van der Waals surface area contributed by atoms with E-state index in [0.29, 0.717) is 6.42 Å². The summed E-state index contributed by atoms with van der Waals surface area (Å²) in [6.45, 7) is 8.98. The molecule has 0 saturated carbocycles. The molecule has 2 aliphatic carbocycles. The summed E-state index contributed by atoms with van der Waals surface area (Å²) >= 11 is 0. The van der Waals surface area contributed by atoms with Crippen LogP contribution in [0.1, 0.15) is 90.5 Å². The third kappa shape index (κ3) is 2.65. The Morgan fingerprint density at radius 3 is 1.79 bits per heavy atom. The molecule has 1 fully saturated rings. The van der Waals surface area contributed by atoms with Crippen LogP contribution in [0.2, 0.25) is 0 Å². The van der Waals surface area contributed by atoms with Crippen molar-refractivity contribution in [1.82, 2.24) is 5.06 Å².